The Kier molecular flexibility index (Phi) is 4.65. The van der Waals surface area contributed by atoms with Gasteiger partial charge in [-0.05, 0) is 25.0 Å². The fraction of sp³-hybridized carbons (Fsp3) is 0.538. The molecule has 0 bridgehead atoms. The number of rotatable bonds is 3. The van der Waals surface area contributed by atoms with E-state index in [1.807, 2.05) is 18.2 Å². The van der Waals surface area contributed by atoms with Gasteiger partial charge < -0.3 is 10.2 Å². The molecule has 1 fully saturated rings. The van der Waals surface area contributed by atoms with Gasteiger partial charge in [-0.25, -0.2) is 13.6 Å². The molecule has 19 heavy (non-hydrogen) atoms. The van der Waals surface area contributed by atoms with Gasteiger partial charge in [0.1, 0.15) is 0 Å². The Balaban J connectivity index is 1.81. The summed E-state index contributed by atoms with van der Waals surface area (Å²) in [6, 6.07) is 5.40. The van der Waals surface area contributed by atoms with Gasteiger partial charge in [-0.1, -0.05) is 6.07 Å². The maximum atomic E-state index is 12.0. The Hall–Kier alpha value is -1.72. The van der Waals surface area contributed by atoms with Crippen molar-refractivity contribution in [2.45, 2.75) is 25.2 Å². The summed E-state index contributed by atoms with van der Waals surface area (Å²) >= 11 is 0. The first-order valence-corrected chi connectivity index (χ1v) is 6.38. The Morgan fingerprint density at radius 3 is 2.74 bits per heavy atom. The summed E-state index contributed by atoms with van der Waals surface area (Å²) in [4.78, 5) is 17.5. The lowest BCUT2D eigenvalue weighted by Gasteiger charge is -2.31. The van der Waals surface area contributed by atoms with Crippen LogP contribution in [0.3, 0.4) is 0 Å². The number of likely N-dealkylation sites (tertiary alicyclic amines) is 1. The molecule has 1 aliphatic rings. The zero-order valence-corrected chi connectivity index (χ0v) is 10.6. The Bertz CT molecular complexity index is 406. The van der Waals surface area contributed by atoms with E-state index in [-0.39, 0.29) is 0 Å². The second-order valence-corrected chi connectivity index (χ2v) is 4.59. The number of piperidine rings is 1. The van der Waals surface area contributed by atoms with Crippen molar-refractivity contribution in [1.82, 2.24) is 15.2 Å². The molecule has 1 aromatic rings. The highest BCUT2D eigenvalue weighted by molar-refractivity contribution is 5.74. The van der Waals surface area contributed by atoms with Crippen LogP contribution in [0.1, 0.15) is 24.5 Å². The largest absolute Gasteiger partial charge is 0.332 e. The van der Waals surface area contributed by atoms with Crippen molar-refractivity contribution >= 4 is 6.03 Å². The van der Waals surface area contributed by atoms with E-state index in [2.05, 4.69) is 10.3 Å². The number of nitrogens with zero attached hydrogens (tertiary/aromatic N) is 2. The van der Waals surface area contributed by atoms with Gasteiger partial charge >= 0.3 is 6.03 Å². The zero-order valence-electron chi connectivity index (χ0n) is 10.6. The highest BCUT2D eigenvalue weighted by Gasteiger charge is 2.24. The lowest BCUT2D eigenvalue weighted by molar-refractivity contribution is 0.136. The van der Waals surface area contributed by atoms with Crippen LogP contribution in [0.15, 0.2) is 24.4 Å². The number of amides is 2. The lowest BCUT2D eigenvalue weighted by Crippen LogP contribution is -2.45. The number of halogens is 2. The normalized spacial score (nSPS) is 16.7. The highest BCUT2D eigenvalue weighted by Crippen LogP contribution is 2.26. The number of hydrogen-bond donors (Lipinski definition) is 1. The molecule has 6 heteroatoms. The maximum Gasteiger partial charge on any atom is 0.317 e. The van der Waals surface area contributed by atoms with Gasteiger partial charge in [-0.3, -0.25) is 4.98 Å². The van der Waals surface area contributed by atoms with Crippen molar-refractivity contribution in [3.05, 3.63) is 30.1 Å². The SMILES string of the molecule is O=C(NCC(F)F)N1CCC(c2ccccn2)CC1. The third-order valence-electron chi connectivity index (χ3n) is 3.30. The van der Waals surface area contributed by atoms with Crippen LogP contribution in [-0.2, 0) is 0 Å². The molecule has 1 N–H and O–H groups in total. The number of hydrogen-bond acceptors (Lipinski definition) is 2. The number of alkyl halides is 2. The minimum absolute atomic E-state index is 0.348. The fourth-order valence-corrected chi connectivity index (χ4v) is 2.27. The molecule has 0 aliphatic carbocycles. The molecule has 0 atom stereocenters. The summed E-state index contributed by atoms with van der Waals surface area (Å²) in [5, 5.41) is 2.23. The smallest absolute Gasteiger partial charge is 0.317 e. The number of pyridine rings is 1. The van der Waals surface area contributed by atoms with Crippen molar-refractivity contribution in [3.63, 3.8) is 0 Å². The van der Waals surface area contributed by atoms with Gasteiger partial charge in [0.25, 0.3) is 6.43 Å². The molecule has 104 valence electrons. The molecular weight excluding hydrogens is 252 g/mol. The fourth-order valence-electron chi connectivity index (χ4n) is 2.27. The van der Waals surface area contributed by atoms with Crippen LogP contribution in [0.2, 0.25) is 0 Å². The molecule has 1 saturated heterocycles. The number of carbonyl (C=O) groups is 1. The number of nitrogens with one attached hydrogen (secondary N) is 1. The average Bonchev–Trinajstić information content (AvgIpc) is 2.46. The van der Waals surface area contributed by atoms with Gasteiger partial charge in [-0.15, -0.1) is 0 Å². The molecule has 1 aromatic heterocycles. The average molecular weight is 269 g/mol. The van der Waals surface area contributed by atoms with Crippen LogP contribution in [0, 0.1) is 0 Å². The van der Waals surface area contributed by atoms with Gasteiger partial charge in [0, 0.05) is 30.9 Å². The molecule has 0 saturated carbocycles. The van der Waals surface area contributed by atoms with E-state index in [9.17, 15) is 13.6 Å². The molecule has 2 rings (SSSR count). The monoisotopic (exact) mass is 269 g/mol. The van der Waals surface area contributed by atoms with Crippen molar-refractivity contribution in [2.75, 3.05) is 19.6 Å². The summed E-state index contributed by atoms with van der Waals surface area (Å²) in [5.41, 5.74) is 1.04. The second kappa shape index (κ2) is 6.45. The van der Waals surface area contributed by atoms with Crippen LogP contribution >= 0.6 is 0 Å². The first-order chi connectivity index (χ1) is 9.16. The highest BCUT2D eigenvalue weighted by atomic mass is 19.3. The van der Waals surface area contributed by atoms with Crippen LogP contribution in [-0.4, -0.2) is 42.0 Å². The predicted molar refractivity (Wildman–Crippen MR) is 67.2 cm³/mol. The van der Waals surface area contributed by atoms with Crippen molar-refractivity contribution in [3.8, 4) is 0 Å². The van der Waals surface area contributed by atoms with Crippen LogP contribution < -0.4 is 5.32 Å². The van der Waals surface area contributed by atoms with E-state index < -0.39 is 19.0 Å². The molecule has 2 amide bonds. The summed E-state index contributed by atoms with van der Waals surface area (Å²) in [6.07, 6.45) is 0.893. The van der Waals surface area contributed by atoms with E-state index in [0.717, 1.165) is 18.5 Å². The van der Waals surface area contributed by atoms with E-state index in [4.69, 9.17) is 0 Å². The van der Waals surface area contributed by atoms with Gasteiger partial charge in [0.05, 0.1) is 6.54 Å². The quantitative estimate of drug-likeness (QED) is 0.914. The topological polar surface area (TPSA) is 45.2 Å². The molecular formula is C13H17F2N3O. The van der Waals surface area contributed by atoms with Crippen LogP contribution in [0.25, 0.3) is 0 Å². The van der Waals surface area contributed by atoms with Gasteiger partial charge in [0.15, 0.2) is 0 Å². The molecule has 0 unspecified atom stereocenters. The van der Waals surface area contributed by atoms with E-state index >= 15 is 0 Å². The first kappa shape index (κ1) is 13.7. The summed E-state index contributed by atoms with van der Waals surface area (Å²) < 4.78 is 24.0. The van der Waals surface area contributed by atoms with Crippen LogP contribution in [0.4, 0.5) is 13.6 Å². The molecule has 0 spiro atoms. The molecule has 0 aromatic carbocycles. The third kappa shape index (κ3) is 3.87. The Morgan fingerprint density at radius 2 is 2.16 bits per heavy atom. The Labute approximate surface area is 110 Å². The molecule has 4 nitrogen and oxygen atoms in total. The standard InChI is InChI=1S/C13H17F2N3O/c14-12(15)9-17-13(19)18-7-4-10(5-8-18)11-3-1-2-6-16-11/h1-3,6,10,12H,4-5,7-9H2,(H,17,19). The van der Waals surface area contributed by atoms with Crippen molar-refractivity contribution in [2.24, 2.45) is 0 Å². The first-order valence-electron chi connectivity index (χ1n) is 6.38. The van der Waals surface area contributed by atoms with E-state index in [1.54, 1.807) is 11.1 Å². The maximum absolute atomic E-state index is 12.0. The lowest BCUT2D eigenvalue weighted by atomic mass is 9.93. The van der Waals surface area contributed by atoms with Crippen molar-refractivity contribution < 1.29 is 13.6 Å². The van der Waals surface area contributed by atoms with Gasteiger partial charge in [0.2, 0.25) is 0 Å². The number of urea groups is 1. The summed E-state index contributed by atoms with van der Waals surface area (Å²) in [7, 11) is 0. The minimum atomic E-state index is -2.50. The predicted octanol–water partition coefficient (Wildman–Crippen LogP) is 2.24. The van der Waals surface area contributed by atoms with E-state index in [1.165, 1.54) is 0 Å². The minimum Gasteiger partial charge on any atom is -0.332 e. The summed E-state index contributed by atoms with van der Waals surface area (Å²) in [6.45, 7) is 0.575. The number of carbonyl (C=O) groups excluding carboxylic acids is 1. The Morgan fingerprint density at radius 1 is 1.42 bits per heavy atom. The van der Waals surface area contributed by atoms with Gasteiger partial charge in [-0.2, -0.15) is 0 Å². The molecule has 1 aliphatic heterocycles. The summed E-state index contributed by atoms with van der Waals surface area (Å²) in [5.74, 6) is 0.348. The van der Waals surface area contributed by atoms with Crippen molar-refractivity contribution in [1.29, 1.82) is 0 Å². The second-order valence-electron chi connectivity index (χ2n) is 4.59. The zero-order chi connectivity index (χ0) is 13.7. The van der Waals surface area contributed by atoms with Crippen LogP contribution in [0.5, 0.6) is 0 Å². The molecule has 2 heterocycles. The van der Waals surface area contributed by atoms with E-state index in [0.29, 0.717) is 19.0 Å². The molecule has 0 radical (unpaired) electrons. The third-order valence-corrected chi connectivity index (χ3v) is 3.30. The number of aromatic nitrogens is 1.